The van der Waals surface area contributed by atoms with Gasteiger partial charge in [-0.25, -0.2) is 0 Å². The quantitative estimate of drug-likeness (QED) is 0.561. The molecule has 0 aromatic rings. The van der Waals surface area contributed by atoms with E-state index in [1.165, 1.54) is 37.7 Å². The van der Waals surface area contributed by atoms with Crippen molar-refractivity contribution >= 4 is 0 Å². The SMILES string of the molecule is C=C(C)C1CCC(C)C2C3CCCC(C1)C32. The second-order valence-electron chi connectivity index (χ2n) is 6.84. The van der Waals surface area contributed by atoms with Crippen molar-refractivity contribution < 1.29 is 0 Å². The van der Waals surface area contributed by atoms with Gasteiger partial charge in [-0.1, -0.05) is 31.9 Å². The van der Waals surface area contributed by atoms with Crippen LogP contribution in [0.4, 0.5) is 0 Å². The van der Waals surface area contributed by atoms with Gasteiger partial charge < -0.3 is 0 Å². The number of allylic oxidation sites excluding steroid dienone is 1. The Morgan fingerprint density at radius 3 is 2.62 bits per heavy atom. The van der Waals surface area contributed by atoms with Crippen molar-refractivity contribution in [3.05, 3.63) is 12.2 Å². The summed E-state index contributed by atoms with van der Waals surface area (Å²) in [4.78, 5) is 0. The van der Waals surface area contributed by atoms with Crippen LogP contribution in [0.1, 0.15) is 52.4 Å². The third-order valence-corrected chi connectivity index (χ3v) is 5.86. The third kappa shape index (κ3) is 1.65. The van der Waals surface area contributed by atoms with E-state index < -0.39 is 0 Å². The summed E-state index contributed by atoms with van der Waals surface area (Å²) in [6.07, 6.45) is 8.94. The van der Waals surface area contributed by atoms with Gasteiger partial charge in [-0.3, -0.25) is 0 Å². The Balaban J connectivity index is 1.78. The predicted octanol–water partition coefficient (Wildman–Crippen LogP) is 4.66. The van der Waals surface area contributed by atoms with Crippen LogP contribution >= 0.6 is 0 Å². The first-order valence-corrected chi connectivity index (χ1v) is 7.34. The molecule has 0 nitrogen and oxygen atoms in total. The molecule has 0 N–H and O–H groups in total. The average Bonchev–Trinajstić information content (AvgIpc) is 2.95. The van der Waals surface area contributed by atoms with Crippen molar-refractivity contribution in [3.8, 4) is 0 Å². The Morgan fingerprint density at radius 1 is 1.06 bits per heavy atom. The molecule has 3 aliphatic carbocycles. The Hall–Kier alpha value is -0.260. The van der Waals surface area contributed by atoms with E-state index in [0.717, 1.165) is 35.5 Å². The summed E-state index contributed by atoms with van der Waals surface area (Å²) in [5, 5.41) is 0. The van der Waals surface area contributed by atoms with E-state index in [1.807, 2.05) is 0 Å². The molecule has 0 bridgehead atoms. The summed E-state index contributed by atoms with van der Waals surface area (Å²) in [7, 11) is 0. The molecule has 6 atom stereocenters. The summed E-state index contributed by atoms with van der Waals surface area (Å²) in [6.45, 7) is 8.99. The van der Waals surface area contributed by atoms with Crippen LogP contribution in [0, 0.1) is 35.5 Å². The van der Waals surface area contributed by atoms with Crippen LogP contribution in [-0.2, 0) is 0 Å². The van der Waals surface area contributed by atoms with Crippen LogP contribution in [0.3, 0.4) is 0 Å². The lowest BCUT2D eigenvalue weighted by Crippen LogP contribution is -2.19. The smallest absolute Gasteiger partial charge is 0.0206 e. The van der Waals surface area contributed by atoms with Gasteiger partial charge in [-0.05, 0) is 68.1 Å². The highest BCUT2D eigenvalue weighted by molar-refractivity contribution is 5.08. The molecule has 0 heterocycles. The minimum atomic E-state index is 0.841. The van der Waals surface area contributed by atoms with Crippen LogP contribution in [-0.4, -0.2) is 0 Å². The zero-order valence-corrected chi connectivity index (χ0v) is 10.9. The van der Waals surface area contributed by atoms with Gasteiger partial charge >= 0.3 is 0 Å². The monoisotopic (exact) mass is 218 g/mol. The maximum absolute atomic E-state index is 4.22. The normalized spacial score (nSPS) is 51.1. The lowest BCUT2D eigenvalue weighted by atomic mass is 9.76. The van der Waals surface area contributed by atoms with E-state index in [0.29, 0.717) is 0 Å². The molecule has 3 fully saturated rings. The van der Waals surface area contributed by atoms with Crippen LogP contribution in [0.15, 0.2) is 12.2 Å². The van der Waals surface area contributed by atoms with E-state index >= 15 is 0 Å². The van der Waals surface area contributed by atoms with Crippen LogP contribution < -0.4 is 0 Å². The van der Waals surface area contributed by atoms with Gasteiger partial charge in [-0.15, -0.1) is 0 Å². The molecule has 3 rings (SSSR count). The Morgan fingerprint density at radius 2 is 1.88 bits per heavy atom. The van der Waals surface area contributed by atoms with Crippen LogP contribution in [0.2, 0.25) is 0 Å². The highest BCUT2D eigenvalue weighted by Gasteiger charge is 2.57. The zero-order chi connectivity index (χ0) is 11.3. The molecule has 0 saturated heterocycles. The minimum Gasteiger partial charge on any atom is -0.0999 e. The number of rotatable bonds is 1. The fraction of sp³-hybridized carbons (Fsp3) is 0.875. The summed E-state index contributed by atoms with van der Waals surface area (Å²) in [5.41, 5.74) is 1.45. The van der Waals surface area contributed by atoms with Gasteiger partial charge in [0.15, 0.2) is 0 Å². The second-order valence-corrected chi connectivity index (χ2v) is 6.84. The Kier molecular flexibility index (Phi) is 2.64. The molecule has 6 unspecified atom stereocenters. The summed E-state index contributed by atoms with van der Waals surface area (Å²) >= 11 is 0. The molecule has 0 aromatic heterocycles. The van der Waals surface area contributed by atoms with Gasteiger partial charge in [-0.2, -0.15) is 0 Å². The number of hydrogen-bond donors (Lipinski definition) is 0. The first kappa shape index (κ1) is 10.9. The molecule has 0 aromatic carbocycles. The molecule has 0 radical (unpaired) electrons. The molecule has 3 saturated carbocycles. The summed E-state index contributed by atoms with van der Waals surface area (Å²) < 4.78 is 0. The molecule has 90 valence electrons. The van der Waals surface area contributed by atoms with Crippen LogP contribution in [0.5, 0.6) is 0 Å². The van der Waals surface area contributed by atoms with E-state index in [-0.39, 0.29) is 0 Å². The van der Waals surface area contributed by atoms with E-state index in [1.54, 1.807) is 6.42 Å². The van der Waals surface area contributed by atoms with Crippen molar-refractivity contribution in [2.45, 2.75) is 52.4 Å². The third-order valence-electron chi connectivity index (χ3n) is 5.86. The van der Waals surface area contributed by atoms with Crippen molar-refractivity contribution in [3.63, 3.8) is 0 Å². The van der Waals surface area contributed by atoms with Gasteiger partial charge in [0.2, 0.25) is 0 Å². The van der Waals surface area contributed by atoms with Crippen molar-refractivity contribution in [2.75, 3.05) is 0 Å². The zero-order valence-electron chi connectivity index (χ0n) is 10.9. The molecular weight excluding hydrogens is 192 g/mol. The maximum Gasteiger partial charge on any atom is -0.0206 e. The number of fused-ring (bicyclic) bond motifs is 1. The number of hydrogen-bond acceptors (Lipinski definition) is 0. The molecule has 3 aliphatic rings. The molecule has 0 heteroatoms. The lowest BCUT2D eigenvalue weighted by molar-refractivity contribution is 0.244. The maximum atomic E-state index is 4.22. The summed E-state index contributed by atoms with van der Waals surface area (Å²) in [6, 6.07) is 0. The topological polar surface area (TPSA) is 0 Å². The second kappa shape index (κ2) is 3.89. The first-order chi connectivity index (χ1) is 7.68. The minimum absolute atomic E-state index is 0.841. The van der Waals surface area contributed by atoms with Crippen molar-refractivity contribution in [1.29, 1.82) is 0 Å². The fourth-order valence-corrected chi connectivity index (χ4v) is 4.95. The van der Waals surface area contributed by atoms with E-state index in [2.05, 4.69) is 20.4 Å². The molecule has 0 spiro atoms. The Bertz CT molecular complexity index is 290. The van der Waals surface area contributed by atoms with Crippen molar-refractivity contribution in [1.82, 2.24) is 0 Å². The molecule has 0 amide bonds. The van der Waals surface area contributed by atoms with Crippen LogP contribution in [0.25, 0.3) is 0 Å². The average molecular weight is 218 g/mol. The largest absolute Gasteiger partial charge is 0.0999 e. The van der Waals surface area contributed by atoms with Gasteiger partial charge in [0, 0.05) is 0 Å². The van der Waals surface area contributed by atoms with Gasteiger partial charge in [0.25, 0.3) is 0 Å². The summed E-state index contributed by atoms with van der Waals surface area (Å²) in [5.74, 6) is 6.29. The van der Waals surface area contributed by atoms with Gasteiger partial charge in [0.05, 0.1) is 0 Å². The molecule has 0 aliphatic heterocycles. The van der Waals surface area contributed by atoms with Gasteiger partial charge in [0.1, 0.15) is 0 Å². The van der Waals surface area contributed by atoms with E-state index in [9.17, 15) is 0 Å². The van der Waals surface area contributed by atoms with E-state index in [4.69, 9.17) is 0 Å². The first-order valence-electron chi connectivity index (χ1n) is 7.34. The highest BCUT2D eigenvalue weighted by Crippen LogP contribution is 2.64. The predicted molar refractivity (Wildman–Crippen MR) is 69.1 cm³/mol. The molecule has 16 heavy (non-hydrogen) atoms. The van der Waals surface area contributed by atoms with Crippen molar-refractivity contribution in [2.24, 2.45) is 35.5 Å². The highest BCUT2D eigenvalue weighted by atomic mass is 14.6. The molecular formula is C16H26. The Labute approximate surface area is 101 Å². The lowest BCUT2D eigenvalue weighted by Gasteiger charge is -2.29. The fourth-order valence-electron chi connectivity index (χ4n) is 4.95. The standard InChI is InChI=1S/C16H26/c1-10(2)12-8-7-11(3)15-14-6-4-5-13(9-12)16(14)15/h11-16H,1,4-9H2,2-3H3.